The van der Waals surface area contributed by atoms with E-state index in [1.807, 2.05) is 0 Å². The van der Waals surface area contributed by atoms with Crippen LogP contribution in [-0.2, 0) is 9.53 Å². The second-order valence-electron chi connectivity index (χ2n) is 4.45. The molecular weight excluding hydrogens is 214 g/mol. The van der Waals surface area contributed by atoms with Crippen molar-refractivity contribution in [1.29, 1.82) is 0 Å². The van der Waals surface area contributed by atoms with Crippen molar-refractivity contribution in [2.45, 2.75) is 51.2 Å². The first-order valence-electron chi connectivity index (χ1n) is 5.68. The molecule has 3 unspecified atom stereocenters. The number of carbonyl (C=O) groups is 1. The molecule has 3 nitrogen and oxygen atoms in total. The SMILES string of the molecule is CC(=O)OC1CCNC2CCCCC21.Cl. The molecule has 1 heterocycles. The summed E-state index contributed by atoms with van der Waals surface area (Å²) in [6.45, 7) is 2.51. The fourth-order valence-electron chi connectivity index (χ4n) is 2.84. The second-order valence-corrected chi connectivity index (χ2v) is 4.45. The molecule has 1 aliphatic carbocycles. The molecule has 1 N–H and O–H groups in total. The van der Waals surface area contributed by atoms with Crippen LogP contribution in [0.5, 0.6) is 0 Å². The molecule has 1 saturated carbocycles. The van der Waals surface area contributed by atoms with Gasteiger partial charge < -0.3 is 10.1 Å². The number of hydrogen-bond donors (Lipinski definition) is 1. The lowest BCUT2D eigenvalue weighted by Gasteiger charge is -2.41. The van der Waals surface area contributed by atoms with E-state index in [9.17, 15) is 4.79 Å². The van der Waals surface area contributed by atoms with Crippen LogP contribution in [-0.4, -0.2) is 24.7 Å². The molecule has 0 bridgehead atoms. The molecule has 2 rings (SSSR count). The number of hydrogen-bond acceptors (Lipinski definition) is 3. The minimum atomic E-state index is -0.124. The van der Waals surface area contributed by atoms with Crippen molar-refractivity contribution >= 4 is 18.4 Å². The van der Waals surface area contributed by atoms with Gasteiger partial charge in [0.15, 0.2) is 0 Å². The van der Waals surface area contributed by atoms with Crippen molar-refractivity contribution in [2.75, 3.05) is 6.54 Å². The van der Waals surface area contributed by atoms with E-state index in [0.717, 1.165) is 13.0 Å². The number of halogens is 1. The summed E-state index contributed by atoms with van der Waals surface area (Å²) in [5.74, 6) is 0.447. The number of esters is 1. The topological polar surface area (TPSA) is 38.3 Å². The second kappa shape index (κ2) is 5.71. The van der Waals surface area contributed by atoms with Crippen LogP contribution in [0.3, 0.4) is 0 Å². The Balaban J connectivity index is 0.00000112. The van der Waals surface area contributed by atoms with Crippen molar-refractivity contribution < 1.29 is 9.53 Å². The Labute approximate surface area is 97.4 Å². The first kappa shape index (κ1) is 12.8. The first-order valence-corrected chi connectivity index (χ1v) is 5.68. The monoisotopic (exact) mass is 233 g/mol. The highest BCUT2D eigenvalue weighted by Crippen LogP contribution is 2.32. The number of rotatable bonds is 1. The average Bonchev–Trinajstić information content (AvgIpc) is 2.18. The number of fused-ring (bicyclic) bond motifs is 1. The predicted molar refractivity (Wildman–Crippen MR) is 61.2 cm³/mol. The van der Waals surface area contributed by atoms with Crippen LogP contribution in [0.2, 0.25) is 0 Å². The Morgan fingerprint density at radius 2 is 2.00 bits per heavy atom. The lowest BCUT2D eigenvalue weighted by Crippen LogP contribution is -2.51. The summed E-state index contributed by atoms with van der Waals surface area (Å²) in [5.41, 5.74) is 0. The highest BCUT2D eigenvalue weighted by Gasteiger charge is 2.36. The summed E-state index contributed by atoms with van der Waals surface area (Å²) in [6.07, 6.45) is 6.25. The Kier molecular flexibility index (Phi) is 4.87. The number of nitrogens with one attached hydrogen (secondary N) is 1. The quantitative estimate of drug-likeness (QED) is 0.703. The van der Waals surface area contributed by atoms with Gasteiger partial charge >= 0.3 is 5.97 Å². The first-order chi connectivity index (χ1) is 6.77. The normalized spacial score (nSPS) is 34.9. The molecule has 88 valence electrons. The predicted octanol–water partition coefficient (Wildman–Crippen LogP) is 1.89. The highest BCUT2D eigenvalue weighted by molar-refractivity contribution is 5.85. The zero-order chi connectivity index (χ0) is 9.97. The van der Waals surface area contributed by atoms with Gasteiger partial charge in [-0.3, -0.25) is 4.79 Å². The smallest absolute Gasteiger partial charge is 0.302 e. The molecule has 0 aromatic rings. The molecule has 1 aliphatic heterocycles. The third kappa shape index (κ3) is 3.08. The van der Waals surface area contributed by atoms with E-state index in [4.69, 9.17) is 4.74 Å². The van der Waals surface area contributed by atoms with Gasteiger partial charge in [0.1, 0.15) is 6.10 Å². The molecule has 2 fully saturated rings. The molecular formula is C11H20ClNO2. The van der Waals surface area contributed by atoms with E-state index in [2.05, 4.69) is 5.32 Å². The van der Waals surface area contributed by atoms with E-state index >= 15 is 0 Å². The Hall–Kier alpha value is -0.280. The van der Waals surface area contributed by atoms with Gasteiger partial charge in [-0.05, 0) is 25.8 Å². The lowest BCUT2D eigenvalue weighted by atomic mass is 9.78. The standard InChI is InChI=1S/C11H19NO2.ClH/c1-8(13)14-11-6-7-12-10-5-3-2-4-9(10)11;/h9-12H,2-7H2,1H3;1H. The van der Waals surface area contributed by atoms with Gasteiger partial charge in [-0.15, -0.1) is 12.4 Å². The van der Waals surface area contributed by atoms with Crippen LogP contribution in [0.4, 0.5) is 0 Å². The van der Waals surface area contributed by atoms with E-state index in [-0.39, 0.29) is 24.5 Å². The van der Waals surface area contributed by atoms with E-state index in [0.29, 0.717) is 12.0 Å². The van der Waals surface area contributed by atoms with Gasteiger partial charge in [-0.2, -0.15) is 0 Å². The summed E-state index contributed by atoms with van der Waals surface area (Å²) in [7, 11) is 0. The fraction of sp³-hybridized carbons (Fsp3) is 0.909. The Morgan fingerprint density at radius 3 is 2.73 bits per heavy atom. The largest absolute Gasteiger partial charge is 0.462 e. The van der Waals surface area contributed by atoms with Crippen molar-refractivity contribution in [3.8, 4) is 0 Å². The van der Waals surface area contributed by atoms with Gasteiger partial charge in [-0.25, -0.2) is 0 Å². The van der Waals surface area contributed by atoms with Crippen LogP contribution in [0.1, 0.15) is 39.0 Å². The summed E-state index contributed by atoms with van der Waals surface area (Å²) >= 11 is 0. The molecule has 0 spiro atoms. The fourth-order valence-corrected chi connectivity index (χ4v) is 2.84. The van der Waals surface area contributed by atoms with Crippen LogP contribution >= 0.6 is 12.4 Å². The van der Waals surface area contributed by atoms with E-state index < -0.39 is 0 Å². The van der Waals surface area contributed by atoms with Crippen molar-refractivity contribution in [3.05, 3.63) is 0 Å². The van der Waals surface area contributed by atoms with Gasteiger partial charge in [0, 0.05) is 18.9 Å². The number of ether oxygens (including phenoxy) is 1. The third-order valence-corrected chi connectivity index (χ3v) is 3.45. The van der Waals surface area contributed by atoms with Gasteiger partial charge in [0.25, 0.3) is 0 Å². The van der Waals surface area contributed by atoms with Crippen LogP contribution < -0.4 is 5.32 Å². The molecule has 4 heteroatoms. The summed E-state index contributed by atoms with van der Waals surface area (Å²) < 4.78 is 5.38. The summed E-state index contributed by atoms with van der Waals surface area (Å²) in [6, 6.07) is 0.599. The molecule has 0 aromatic carbocycles. The third-order valence-electron chi connectivity index (χ3n) is 3.45. The molecule has 15 heavy (non-hydrogen) atoms. The van der Waals surface area contributed by atoms with Crippen molar-refractivity contribution in [2.24, 2.45) is 5.92 Å². The van der Waals surface area contributed by atoms with E-state index in [1.54, 1.807) is 0 Å². The highest BCUT2D eigenvalue weighted by atomic mass is 35.5. The Morgan fingerprint density at radius 1 is 1.27 bits per heavy atom. The zero-order valence-electron chi connectivity index (χ0n) is 9.20. The minimum Gasteiger partial charge on any atom is -0.462 e. The number of carbonyl (C=O) groups excluding carboxylic acids is 1. The maximum absolute atomic E-state index is 10.9. The average molecular weight is 234 g/mol. The molecule has 0 amide bonds. The zero-order valence-corrected chi connectivity index (χ0v) is 10.0. The Bertz CT molecular complexity index is 221. The summed E-state index contributed by atoms with van der Waals surface area (Å²) in [4.78, 5) is 10.9. The maximum Gasteiger partial charge on any atom is 0.302 e. The summed E-state index contributed by atoms with van der Waals surface area (Å²) in [5, 5.41) is 3.53. The van der Waals surface area contributed by atoms with E-state index in [1.165, 1.54) is 32.6 Å². The molecule has 1 saturated heterocycles. The molecule has 3 atom stereocenters. The van der Waals surface area contributed by atoms with Crippen LogP contribution in [0, 0.1) is 5.92 Å². The van der Waals surface area contributed by atoms with Gasteiger partial charge in [0.05, 0.1) is 0 Å². The maximum atomic E-state index is 10.9. The van der Waals surface area contributed by atoms with Gasteiger partial charge in [0.2, 0.25) is 0 Å². The lowest BCUT2D eigenvalue weighted by molar-refractivity contribution is -0.152. The van der Waals surface area contributed by atoms with Crippen molar-refractivity contribution in [1.82, 2.24) is 5.32 Å². The molecule has 0 aromatic heterocycles. The minimum absolute atomic E-state index is 0. The molecule has 2 aliphatic rings. The van der Waals surface area contributed by atoms with Crippen molar-refractivity contribution in [3.63, 3.8) is 0 Å². The molecule has 0 radical (unpaired) electrons. The van der Waals surface area contributed by atoms with Crippen LogP contribution in [0.15, 0.2) is 0 Å². The number of piperidine rings is 1. The van der Waals surface area contributed by atoms with Gasteiger partial charge in [-0.1, -0.05) is 12.8 Å². The van der Waals surface area contributed by atoms with Crippen LogP contribution in [0.25, 0.3) is 0 Å².